The van der Waals surface area contributed by atoms with E-state index in [1.54, 1.807) is 7.05 Å². The highest BCUT2D eigenvalue weighted by atomic mass is 35.5. The minimum atomic E-state index is 0.174. The van der Waals surface area contributed by atoms with E-state index in [2.05, 4.69) is 45.5 Å². The number of furan rings is 1. The number of fused-ring (bicyclic) bond motifs is 1. The van der Waals surface area contributed by atoms with Crippen LogP contribution in [0, 0.1) is 12.8 Å². The van der Waals surface area contributed by atoms with E-state index in [-0.39, 0.29) is 12.5 Å². The third-order valence-electron chi connectivity index (χ3n) is 5.24. The van der Waals surface area contributed by atoms with Crippen molar-refractivity contribution in [2.24, 2.45) is 5.92 Å². The lowest BCUT2D eigenvalue weighted by molar-refractivity contribution is 0.217. The average molecular weight is 462 g/mol. The summed E-state index contributed by atoms with van der Waals surface area (Å²) in [5.41, 5.74) is 3.28. The molecule has 3 N–H and O–H groups in total. The molecule has 0 radical (unpaired) electrons. The van der Waals surface area contributed by atoms with Crippen molar-refractivity contribution in [3.8, 4) is 11.3 Å². The fourth-order valence-corrected chi connectivity index (χ4v) is 3.75. The Labute approximate surface area is 196 Å². The van der Waals surface area contributed by atoms with Crippen LogP contribution in [0.3, 0.4) is 0 Å². The van der Waals surface area contributed by atoms with Crippen LogP contribution in [0.5, 0.6) is 0 Å². The fourth-order valence-electron chi connectivity index (χ4n) is 3.49. The summed E-state index contributed by atoms with van der Waals surface area (Å²) in [4.78, 5) is 13.5. The van der Waals surface area contributed by atoms with Crippen LogP contribution in [0.25, 0.3) is 22.3 Å². The first-order chi connectivity index (χ1) is 15.5. The second-order valence-corrected chi connectivity index (χ2v) is 7.82. The van der Waals surface area contributed by atoms with E-state index in [1.807, 2.05) is 26.8 Å². The molecule has 0 unspecified atom stereocenters. The zero-order chi connectivity index (χ0) is 23.7. The van der Waals surface area contributed by atoms with Gasteiger partial charge in [-0.05, 0) is 37.8 Å². The van der Waals surface area contributed by atoms with Crippen LogP contribution in [-0.2, 0) is 6.42 Å². The van der Waals surface area contributed by atoms with E-state index < -0.39 is 0 Å². The summed E-state index contributed by atoms with van der Waals surface area (Å²) in [7, 11) is 1.75. The Morgan fingerprint density at radius 1 is 1.16 bits per heavy atom. The Morgan fingerprint density at radius 2 is 1.91 bits per heavy atom. The highest BCUT2D eigenvalue weighted by Gasteiger charge is 2.20. The van der Waals surface area contributed by atoms with Gasteiger partial charge in [0, 0.05) is 31.3 Å². The maximum absolute atomic E-state index is 9.44. The summed E-state index contributed by atoms with van der Waals surface area (Å²) in [6.45, 7) is 11.0. The van der Waals surface area contributed by atoms with Crippen molar-refractivity contribution >= 4 is 34.3 Å². The third kappa shape index (κ3) is 6.11. The van der Waals surface area contributed by atoms with Crippen molar-refractivity contribution < 1.29 is 9.52 Å². The normalized spacial score (nSPS) is 11.8. The molecule has 0 aliphatic carbocycles. The maximum Gasteiger partial charge on any atom is 0.225 e. The van der Waals surface area contributed by atoms with Gasteiger partial charge in [-0.1, -0.05) is 52.1 Å². The van der Waals surface area contributed by atoms with Crippen LogP contribution in [0.1, 0.15) is 58.3 Å². The zero-order valence-electron chi connectivity index (χ0n) is 20.0. The van der Waals surface area contributed by atoms with Gasteiger partial charge in [0.2, 0.25) is 5.95 Å². The fraction of sp³-hybridized carbons (Fsp3) is 0.542. The van der Waals surface area contributed by atoms with Crippen LogP contribution >= 0.6 is 11.6 Å². The Bertz CT molecular complexity index is 1000. The highest BCUT2D eigenvalue weighted by Crippen LogP contribution is 2.37. The van der Waals surface area contributed by atoms with Crippen LogP contribution < -0.4 is 10.6 Å². The van der Waals surface area contributed by atoms with E-state index in [1.165, 1.54) is 0 Å². The molecule has 176 valence electrons. The second kappa shape index (κ2) is 12.6. The van der Waals surface area contributed by atoms with E-state index in [4.69, 9.17) is 16.0 Å². The summed E-state index contributed by atoms with van der Waals surface area (Å²) >= 11 is 6.55. The first-order valence-electron chi connectivity index (χ1n) is 11.5. The molecule has 3 aromatic rings. The predicted octanol–water partition coefficient (Wildman–Crippen LogP) is 6.09. The number of hydrogen-bond acceptors (Lipinski definition) is 7. The number of aliphatic hydroxyl groups is 1. The van der Waals surface area contributed by atoms with E-state index >= 15 is 0 Å². The molecule has 3 rings (SSSR count). The second-order valence-electron chi connectivity index (χ2n) is 7.46. The molecule has 7 nitrogen and oxygen atoms in total. The Hall–Kier alpha value is -2.38. The molecule has 0 aromatic carbocycles. The van der Waals surface area contributed by atoms with Gasteiger partial charge in [-0.15, -0.1) is 0 Å². The van der Waals surface area contributed by atoms with Crippen LogP contribution in [0.15, 0.2) is 16.5 Å². The summed E-state index contributed by atoms with van der Waals surface area (Å²) in [5.74, 6) is 1.89. The third-order valence-corrected chi connectivity index (χ3v) is 5.52. The number of pyridine rings is 1. The Morgan fingerprint density at radius 3 is 2.53 bits per heavy atom. The van der Waals surface area contributed by atoms with Crippen molar-refractivity contribution in [1.29, 1.82) is 0 Å². The molecule has 0 spiro atoms. The monoisotopic (exact) mass is 461 g/mol. The smallest absolute Gasteiger partial charge is 0.225 e. The molecule has 0 saturated carbocycles. The molecule has 3 heterocycles. The summed E-state index contributed by atoms with van der Waals surface area (Å²) in [6, 6.07) is 4.04. The lowest BCUT2D eigenvalue weighted by Gasteiger charge is -2.15. The molecule has 32 heavy (non-hydrogen) atoms. The number of anilines is 2. The van der Waals surface area contributed by atoms with Crippen molar-refractivity contribution in [3.63, 3.8) is 0 Å². The molecule has 0 fully saturated rings. The lowest BCUT2D eigenvalue weighted by Crippen LogP contribution is -2.13. The Kier molecular flexibility index (Phi) is 10.2. The van der Waals surface area contributed by atoms with Gasteiger partial charge in [0.05, 0.1) is 11.3 Å². The SMILES string of the molecule is CC.CCCc1cc2cc(-c3c(Cl)nc(NC)nc3NCC[C@H](CC)CO)oc2c(C)n1. The van der Waals surface area contributed by atoms with Crippen LogP contribution in [0.2, 0.25) is 5.15 Å². The minimum absolute atomic E-state index is 0.174. The zero-order valence-corrected chi connectivity index (χ0v) is 20.8. The van der Waals surface area contributed by atoms with Gasteiger partial charge < -0.3 is 20.2 Å². The number of rotatable bonds is 10. The van der Waals surface area contributed by atoms with Gasteiger partial charge in [-0.2, -0.15) is 4.98 Å². The summed E-state index contributed by atoms with van der Waals surface area (Å²) < 4.78 is 6.16. The van der Waals surface area contributed by atoms with Crippen molar-refractivity contribution in [2.75, 3.05) is 30.8 Å². The van der Waals surface area contributed by atoms with Crippen LogP contribution in [0.4, 0.5) is 11.8 Å². The lowest BCUT2D eigenvalue weighted by atomic mass is 10.0. The van der Waals surface area contributed by atoms with Gasteiger partial charge >= 0.3 is 0 Å². The van der Waals surface area contributed by atoms with Crippen molar-refractivity contribution in [2.45, 2.75) is 60.3 Å². The first kappa shape index (κ1) is 25.9. The van der Waals surface area contributed by atoms with Gasteiger partial charge in [0.15, 0.2) is 5.58 Å². The number of nitrogens with zero attached hydrogens (tertiary/aromatic N) is 3. The Balaban J connectivity index is 0.00000176. The average Bonchev–Trinajstić information content (AvgIpc) is 3.22. The van der Waals surface area contributed by atoms with Crippen molar-refractivity contribution in [3.05, 3.63) is 28.7 Å². The van der Waals surface area contributed by atoms with Gasteiger partial charge in [0.1, 0.15) is 16.7 Å². The maximum atomic E-state index is 9.44. The van der Waals surface area contributed by atoms with Crippen molar-refractivity contribution in [1.82, 2.24) is 15.0 Å². The number of aromatic nitrogens is 3. The predicted molar refractivity (Wildman–Crippen MR) is 134 cm³/mol. The van der Waals surface area contributed by atoms with E-state index in [0.717, 1.165) is 48.0 Å². The number of hydrogen-bond donors (Lipinski definition) is 3. The quantitative estimate of drug-likeness (QED) is 0.314. The molecule has 8 heteroatoms. The molecule has 3 aromatic heterocycles. The molecule has 1 atom stereocenters. The van der Waals surface area contributed by atoms with Crippen LogP contribution in [-0.4, -0.2) is 40.3 Å². The largest absolute Gasteiger partial charge is 0.454 e. The highest BCUT2D eigenvalue weighted by molar-refractivity contribution is 6.32. The molecule has 0 aliphatic heterocycles. The molecule has 0 aliphatic rings. The van der Waals surface area contributed by atoms with E-state index in [9.17, 15) is 5.11 Å². The standard InChI is InChI=1S/C22H30ClN5O2.C2H6/c1-5-7-16-10-15-11-17(30-19(15)13(3)26-16)18-20(23)27-22(24-4)28-21(18)25-9-8-14(6-2)12-29;1-2/h10-11,14,29H,5-9,12H2,1-4H3,(H2,24,25,27,28);1-2H3/t14-;/m0./s1. The number of aliphatic hydroxyl groups excluding tert-OH is 1. The molecular weight excluding hydrogens is 426 g/mol. The number of halogens is 1. The summed E-state index contributed by atoms with van der Waals surface area (Å²) in [5, 5.41) is 17.0. The van der Waals surface area contributed by atoms with Gasteiger partial charge in [-0.25, -0.2) is 4.98 Å². The molecular formula is C24H36ClN5O2. The number of nitrogens with one attached hydrogen (secondary N) is 2. The number of aryl methyl sites for hydroxylation is 2. The van der Waals surface area contributed by atoms with Gasteiger partial charge in [-0.3, -0.25) is 4.98 Å². The van der Waals surface area contributed by atoms with Gasteiger partial charge in [0.25, 0.3) is 0 Å². The molecule has 0 saturated heterocycles. The first-order valence-corrected chi connectivity index (χ1v) is 11.9. The van der Waals surface area contributed by atoms with E-state index in [0.29, 0.717) is 34.8 Å². The molecule has 0 amide bonds. The summed E-state index contributed by atoms with van der Waals surface area (Å²) in [6.07, 6.45) is 3.71. The minimum Gasteiger partial charge on any atom is -0.454 e. The molecule has 0 bridgehead atoms. The topological polar surface area (TPSA) is 96.1 Å².